The van der Waals surface area contributed by atoms with Gasteiger partial charge in [0.25, 0.3) is 0 Å². The maximum absolute atomic E-state index is 9.37. The Morgan fingerprint density at radius 1 is 1.79 bits per heavy atom. The Balaban J connectivity index is 2.57. The Kier molecular flexibility index (Phi) is 2.14. The lowest BCUT2D eigenvalue weighted by Crippen LogP contribution is -2.43. The number of nitrogens with two attached hydrogens (primary N) is 1. The zero-order valence-electron chi connectivity index (χ0n) is 8.42. The number of nitrogens with zero attached hydrogens (tertiary/aromatic N) is 1. The van der Waals surface area contributed by atoms with Gasteiger partial charge in [0.2, 0.25) is 0 Å². The minimum Gasteiger partial charge on any atom is -0.394 e. The summed E-state index contributed by atoms with van der Waals surface area (Å²) in [4.78, 5) is 0. The minimum atomic E-state index is -0.611. The molecule has 4 heteroatoms. The quantitative estimate of drug-likeness (QED) is 0.734. The predicted molar refractivity (Wildman–Crippen MR) is 56.2 cm³/mol. The third-order valence-electron chi connectivity index (χ3n) is 3.36. The lowest BCUT2D eigenvalue weighted by atomic mass is 9.87. The molecule has 1 aromatic rings. The van der Waals surface area contributed by atoms with E-state index in [4.69, 9.17) is 17.3 Å². The van der Waals surface area contributed by atoms with E-state index >= 15 is 0 Å². The molecule has 2 unspecified atom stereocenters. The first-order chi connectivity index (χ1) is 6.50. The van der Waals surface area contributed by atoms with Crippen molar-refractivity contribution in [3.63, 3.8) is 0 Å². The van der Waals surface area contributed by atoms with Gasteiger partial charge in [-0.2, -0.15) is 0 Å². The second-order valence-corrected chi connectivity index (χ2v) is 4.58. The summed E-state index contributed by atoms with van der Waals surface area (Å²) < 4.78 is 1.86. The van der Waals surface area contributed by atoms with Crippen LogP contribution in [0.3, 0.4) is 0 Å². The molecule has 0 saturated carbocycles. The smallest absolute Gasteiger partial charge is 0.112 e. The Hall–Kier alpha value is -0.510. The van der Waals surface area contributed by atoms with Crippen LogP contribution in [0, 0.1) is 5.92 Å². The van der Waals surface area contributed by atoms with Crippen LogP contribution >= 0.6 is 11.6 Å². The Morgan fingerprint density at radius 3 is 3.00 bits per heavy atom. The van der Waals surface area contributed by atoms with Gasteiger partial charge in [-0.3, -0.25) is 0 Å². The van der Waals surface area contributed by atoms with Gasteiger partial charge in [0.1, 0.15) is 5.15 Å². The highest BCUT2D eigenvalue weighted by Crippen LogP contribution is 2.42. The van der Waals surface area contributed by atoms with Crippen LogP contribution in [0.25, 0.3) is 0 Å². The van der Waals surface area contributed by atoms with Gasteiger partial charge in [0, 0.05) is 13.2 Å². The minimum absolute atomic E-state index is 0.0263. The van der Waals surface area contributed by atoms with Crippen LogP contribution in [0.15, 0.2) is 6.20 Å². The van der Waals surface area contributed by atoms with Crippen molar-refractivity contribution in [1.82, 2.24) is 4.57 Å². The van der Waals surface area contributed by atoms with Gasteiger partial charge in [0.05, 0.1) is 12.1 Å². The van der Waals surface area contributed by atoms with Gasteiger partial charge in [-0.05, 0) is 23.5 Å². The zero-order valence-corrected chi connectivity index (χ0v) is 9.17. The molecular weight excluding hydrogens is 200 g/mol. The average Bonchev–Trinajstić information content (AvgIpc) is 2.56. The van der Waals surface area contributed by atoms with Gasteiger partial charge >= 0.3 is 0 Å². The number of aliphatic hydroxyl groups excluding tert-OH is 1. The normalized spacial score (nSPS) is 30.8. The Bertz CT molecular complexity index is 374. The van der Waals surface area contributed by atoms with E-state index in [1.54, 1.807) is 0 Å². The van der Waals surface area contributed by atoms with Gasteiger partial charge in [0.15, 0.2) is 0 Å². The van der Waals surface area contributed by atoms with E-state index in [0.29, 0.717) is 0 Å². The molecule has 2 atom stereocenters. The monoisotopic (exact) mass is 214 g/mol. The molecular formula is C10H15ClN2O. The lowest BCUT2D eigenvalue weighted by Gasteiger charge is -2.27. The van der Waals surface area contributed by atoms with E-state index in [1.807, 2.05) is 24.7 Å². The van der Waals surface area contributed by atoms with Crippen molar-refractivity contribution in [3.05, 3.63) is 22.5 Å². The van der Waals surface area contributed by atoms with Crippen LogP contribution in [0.4, 0.5) is 0 Å². The van der Waals surface area contributed by atoms with E-state index in [2.05, 4.69) is 0 Å². The number of aromatic nitrogens is 1. The first-order valence-corrected chi connectivity index (χ1v) is 5.12. The van der Waals surface area contributed by atoms with Crippen LogP contribution in [-0.4, -0.2) is 16.3 Å². The summed E-state index contributed by atoms with van der Waals surface area (Å²) >= 11 is 6.13. The molecule has 3 N–H and O–H groups in total. The molecule has 0 fully saturated rings. The second-order valence-electron chi connectivity index (χ2n) is 4.23. The van der Waals surface area contributed by atoms with Crippen LogP contribution in [-0.2, 0) is 19.0 Å². The fourth-order valence-electron chi connectivity index (χ4n) is 2.24. The summed E-state index contributed by atoms with van der Waals surface area (Å²) in [6.45, 7) is 2.02. The van der Waals surface area contributed by atoms with Crippen LogP contribution in [0.2, 0.25) is 5.15 Å². The van der Waals surface area contributed by atoms with E-state index in [-0.39, 0.29) is 12.5 Å². The number of halogens is 1. The summed E-state index contributed by atoms with van der Waals surface area (Å²) in [6.07, 6.45) is 2.78. The first-order valence-electron chi connectivity index (χ1n) is 4.74. The summed E-state index contributed by atoms with van der Waals surface area (Å²) in [7, 11) is 1.89. The Labute approximate surface area is 88.5 Å². The van der Waals surface area contributed by atoms with Crippen molar-refractivity contribution in [2.75, 3.05) is 6.61 Å². The highest BCUT2D eigenvalue weighted by atomic mass is 35.5. The highest BCUT2D eigenvalue weighted by molar-refractivity contribution is 6.30. The molecule has 0 amide bonds. The van der Waals surface area contributed by atoms with E-state index in [1.165, 1.54) is 0 Å². The molecule has 0 bridgehead atoms. The largest absolute Gasteiger partial charge is 0.394 e. The van der Waals surface area contributed by atoms with Crippen molar-refractivity contribution in [2.45, 2.75) is 18.9 Å². The van der Waals surface area contributed by atoms with E-state index in [9.17, 15) is 5.11 Å². The van der Waals surface area contributed by atoms with Crippen molar-refractivity contribution in [2.24, 2.45) is 18.7 Å². The molecule has 2 rings (SSSR count). The van der Waals surface area contributed by atoms with Crippen LogP contribution < -0.4 is 5.73 Å². The molecule has 0 spiro atoms. The van der Waals surface area contributed by atoms with Crippen LogP contribution in [0.1, 0.15) is 18.1 Å². The van der Waals surface area contributed by atoms with Crippen molar-refractivity contribution in [1.29, 1.82) is 0 Å². The third-order valence-corrected chi connectivity index (χ3v) is 3.85. The average molecular weight is 215 g/mol. The number of fused-ring (bicyclic) bond motifs is 1. The maximum Gasteiger partial charge on any atom is 0.112 e. The molecule has 0 aromatic carbocycles. The molecule has 0 aliphatic heterocycles. The molecule has 0 radical (unpaired) electrons. The second kappa shape index (κ2) is 2.99. The number of hydrogen-bond acceptors (Lipinski definition) is 2. The highest BCUT2D eigenvalue weighted by Gasteiger charge is 2.43. The fourth-order valence-corrected chi connectivity index (χ4v) is 2.47. The number of hydrogen-bond donors (Lipinski definition) is 2. The molecule has 1 heterocycles. The number of aryl methyl sites for hydroxylation is 1. The molecule has 3 nitrogen and oxygen atoms in total. The predicted octanol–water partition coefficient (Wildman–Crippen LogP) is 1.02. The maximum atomic E-state index is 9.37. The van der Waals surface area contributed by atoms with Gasteiger partial charge in [-0.25, -0.2) is 0 Å². The van der Waals surface area contributed by atoms with Gasteiger partial charge < -0.3 is 15.4 Å². The topological polar surface area (TPSA) is 51.2 Å². The van der Waals surface area contributed by atoms with Gasteiger partial charge in [-0.15, -0.1) is 0 Å². The molecule has 14 heavy (non-hydrogen) atoms. The summed E-state index contributed by atoms with van der Waals surface area (Å²) in [6, 6.07) is 0. The molecule has 1 aliphatic carbocycles. The third kappa shape index (κ3) is 1.06. The first kappa shape index (κ1) is 10.0. The van der Waals surface area contributed by atoms with Crippen molar-refractivity contribution >= 4 is 11.6 Å². The van der Waals surface area contributed by atoms with Crippen LogP contribution in [0.5, 0.6) is 0 Å². The summed E-state index contributed by atoms with van der Waals surface area (Å²) in [5.41, 5.74) is 7.66. The van der Waals surface area contributed by atoms with Crippen molar-refractivity contribution < 1.29 is 5.11 Å². The standard InChI is InChI=1S/C10H15ClN2O/c1-6-3-7-8(10(6,12)5-14)4-13(2)9(7)11/h4,6,14H,3,5,12H2,1-2H3. The fraction of sp³-hybridized carbons (Fsp3) is 0.600. The van der Waals surface area contributed by atoms with Gasteiger partial charge in [-0.1, -0.05) is 18.5 Å². The Morgan fingerprint density at radius 2 is 2.43 bits per heavy atom. The molecule has 1 aromatic heterocycles. The number of rotatable bonds is 1. The molecule has 1 aliphatic rings. The van der Waals surface area contributed by atoms with E-state index in [0.717, 1.165) is 22.7 Å². The molecule has 0 saturated heterocycles. The zero-order chi connectivity index (χ0) is 10.5. The summed E-state index contributed by atoms with van der Waals surface area (Å²) in [5, 5.41) is 10.1. The van der Waals surface area contributed by atoms with E-state index < -0.39 is 5.54 Å². The molecule has 78 valence electrons. The van der Waals surface area contributed by atoms with Crippen molar-refractivity contribution in [3.8, 4) is 0 Å². The summed E-state index contributed by atoms with van der Waals surface area (Å²) in [5.74, 6) is 0.246. The number of aliphatic hydroxyl groups is 1. The SMILES string of the molecule is CC1Cc2c(cn(C)c2Cl)C1(N)CO. The lowest BCUT2D eigenvalue weighted by molar-refractivity contribution is 0.159.